The summed E-state index contributed by atoms with van der Waals surface area (Å²) >= 11 is 0. The standard InChI is InChI=1S/C12H10F6N2O2/c1-4(3-13)22-20-5(2)12(21)19-11-9(17)7(15)6(14)8(16)10(11)18/h4H,3H2,1-2H3,(H,19,21)/b20-5-. The summed E-state index contributed by atoms with van der Waals surface area (Å²) in [5, 5.41) is 4.66. The summed E-state index contributed by atoms with van der Waals surface area (Å²) in [6.45, 7) is 1.42. The maximum absolute atomic E-state index is 13.3. The van der Waals surface area contributed by atoms with Crippen molar-refractivity contribution in [2.75, 3.05) is 12.0 Å². The molecule has 1 unspecified atom stereocenters. The van der Waals surface area contributed by atoms with Gasteiger partial charge in [0.15, 0.2) is 29.4 Å². The van der Waals surface area contributed by atoms with Gasteiger partial charge in [-0.2, -0.15) is 0 Å². The molecule has 1 amide bonds. The molecule has 1 rings (SSSR count). The molecule has 0 radical (unpaired) electrons. The summed E-state index contributed by atoms with van der Waals surface area (Å²) < 4.78 is 77.5. The number of alkyl halides is 1. The van der Waals surface area contributed by atoms with E-state index in [4.69, 9.17) is 0 Å². The normalized spacial score (nSPS) is 13.0. The van der Waals surface area contributed by atoms with Gasteiger partial charge >= 0.3 is 0 Å². The molecule has 1 aromatic rings. The van der Waals surface area contributed by atoms with Crippen LogP contribution in [0.4, 0.5) is 32.0 Å². The molecule has 0 heterocycles. The zero-order chi connectivity index (χ0) is 17.0. The lowest BCUT2D eigenvalue weighted by Crippen LogP contribution is -2.24. The van der Waals surface area contributed by atoms with Crippen molar-refractivity contribution in [3.05, 3.63) is 29.1 Å². The second-order valence-electron chi connectivity index (χ2n) is 4.15. The number of oxime groups is 1. The number of nitrogens with one attached hydrogen (secondary N) is 1. The summed E-state index contributed by atoms with van der Waals surface area (Å²) in [5.74, 6) is -12.4. The van der Waals surface area contributed by atoms with Crippen LogP contribution in [0, 0.1) is 29.1 Å². The molecule has 0 bridgehead atoms. The monoisotopic (exact) mass is 328 g/mol. The molecule has 10 heteroatoms. The first-order valence-corrected chi connectivity index (χ1v) is 5.79. The third kappa shape index (κ3) is 3.68. The van der Waals surface area contributed by atoms with E-state index in [1.165, 1.54) is 12.2 Å². The lowest BCUT2D eigenvalue weighted by atomic mass is 10.2. The molecule has 1 atom stereocenters. The van der Waals surface area contributed by atoms with Gasteiger partial charge in [-0.15, -0.1) is 0 Å². The Bertz CT molecular complexity index is 591. The molecule has 22 heavy (non-hydrogen) atoms. The largest absolute Gasteiger partial charge is 0.390 e. The van der Waals surface area contributed by atoms with Crippen molar-refractivity contribution in [2.45, 2.75) is 20.0 Å². The van der Waals surface area contributed by atoms with Crippen molar-refractivity contribution in [2.24, 2.45) is 5.16 Å². The molecular formula is C12H10F6N2O2. The second-order valence-corrected chi connectivity index (χ2v) is 4.15. The highest BCUT2D eigenvalue weighted by atomic mass is 19.2. The highest BCUT2D eigenvalue weighted by molar-refractivity contribution is 6.42. The number of hydrogen-bond donors (Lipinski definition) is 1. The number of anilines is 1. The average Bonchev–Trinajstić information content (AvgIpc) is 2.52. The highest BCUT2D eigenvalue weighted by Gasteiger charge is 2.27. The first-order chi connectivity index (χ1) is 10.2. The fraction of sp³-hybridized carbons (Fsp3) is 0.333. The molecule has 0 aliphatic carbocycles. The number of amides is 1. The van der Waals surface area contributed by atoms with Crippen LogP contribution in [0.2, 0.25) is 0 Å². The predicted molar refractivity (Wildman–Crippen MR) is 64.5 cm³/mol. The molecule has 4 nitrogen and oxygen atoms in total. The molecule has 0 saturated carbocycles. The van der Waals surface area contributed by atoms with Gasteiger partial charge in [-0.3, -0.25) is 4.79 Å². The van der Waals surface area contributed by atoms with Crippen molar-refractivity contribution in [1.29, 1.82) is 0 Å². The van der Waals surface area contributed by atoms with Gasteiger partial charge in [0.2, 0.25) is 5.82 Å². The van der Waals surface area contributed by atoms with Crippen LogP contribution >= 0.6 is 0 Å². The quantitative estimate of drug-likeness (QED) is 0.297. The van der Waals surface area contributed by atoms with Crippen molar-refractivity contribution in [1.82, 2.24) is 0 Å². The Morgan fingerprint density at radius 3 is 2.00 bits per heavy atom. The lowest BCUT2D eigenvalue weighted by molar-refractivity contribution is -0.110. The summed E-state index contributed by atoms with van der Waals surface area (Å²) in [6, 6.07) is 0. The maximum atomic E-state index is 13.3. The minimum absolute atomic E-state index is 0.510. The van der Waals surface area contributed by atoms with Crippen molar-refractivity contribution in [3.8, 4) is 0 Å². The van der Waals surface area contributed by atoms with Gasteiger partial charge in [-0.05, 0) is 13.8 Å². The maximum Gasteiger partial charge on any atom is 0.273 e. The van der Waals surface area contributed by atoms with E-state index in [1.807, 2.05) is 0 Å². The van der Waals surface area contributed by atoms with Crippen LogP contribution in [0.15, 0.2) is 5.16 Å². The van der Waals surface area contributed by atoms with Gasteiger partial charge in [0.25, 0.3) is 5.91 Å². The Balaban J connectivity index is 3.03. The molecule has 1 aromatic carbocycles. The first kappa shape index (κ1) is 17.8. The van der Waals surface area contributed by atoms with Crippen LogP contribution in [-0.4, -0.2) is 24.4 Å². The fourth-order valence-corrected chi connectivity index (χ4v) is 1.16. The van der Waals surface area contributed by atoms with E-state index in [0.29, 0.717) is 0 Å². The van der Waals surface area contributed by atoms with Crippen molar-refractivity contribution < 1.29 is 36.0 Å². The molecule has 0 aliphatic heterocycles. The Morgan fingerprint density at radius 1 is 1.09 bits per heavy atom. The predicted octanol–water partition coefficient (Wildman–Crippen LogP) is 3.07. The van der Waals surface area contributed by atoms with Crippen molar-refractivity contribution >= 4 is 17.3 Å². The van der Waals surface area contributed by atoms with Crippen LogP contribution < -0.4 is 5.32 Å². The number of benzene rings is 1. The van der Waals surface area contributed by atoms with Crippen LogP contribution in [0.1, 0.15) is 13.8 Å². The van der Waals surface area contributed by atoms with E-state index in [1.54, 1.807) is 0 Å². The number of rotatable bonds is 5. The van der Waals surface area contributed by atoms with E-state index in [9.17, 15) is 31.1 Å². The van der Waals surface area contributed by atoms with Gasteiger partial charge in [0.1, 0.15) is 18.1 Å². The van der Waals surface area contributed by atoms with Gasteiger partial charge in [0.05, 0.1) is 0 Å². The van der Waals surface area contributed by atoms with Crippen LogP contribution in [0.25, 0.3) is 0 Å². The highest BCUT2D eigenvalue weighted by Crippen LogP contribution is 2.27. The summed E-state index contributed by atoms with van der Waals surface area (Å²) in [7, 11) is 0. The lowest BCUT2D eigenvalue weighted by Gasteiger charge is -2.10. The topological polar surface area (TPSA) is 50.7 Å². The number of nitrogens with zero attached hydrogens (tertiary/aromatic N) is 1. The summed E-state index contributed by atoms with van der Waals surface area (Å²) in [6.07, 6.45) is -0.975. The van der Waals surface area contributed by atoms with Gasteiger partial charge in [-0.1, -0.05) is 5.16 Å². The molecule has 0 aliphatic rings. The molecule has 0 aromatic heterocycles. The van der Waals surface area contributed by atoms with Gasteiger partial charge in [-0.25, -0.2) is 26.3 Å². The van der Waals surface area contributed by atoms with Gasteiger partial charge in [0, 0.05) is 0 Å². The number of carbonyl (C=O) groups excluding carboxylic acids is 1. The van der Waals surface area contributed by atoms with E-state index in [-0.39, 0.29) is 0 Å². The summed E-state index contributed by atoms with van der Waals surface area (Å²) in [5.41, 5.74) is -2.03. The first-order valence-electron chi connectivity index (χ1n) is 5.79. The third-order valence-electron chi connectivity index (χ3n) is 2.36. The van der Waals surface area contributed by atoms with Crippen LogP contribution in [-0.2, 0) is 9.63 Å². The number of carbonyl (C=O) groups is 1. The Hall–Kier alpha value is -2.26. The molecule has 122 valence electrons. The fourth-order valence-electron chi connectivity index (χ4n) is 1.16. The van der Waals surface area contributed by atoms with Crippen molar-refractivity contribution in [3.63, 3.8) is 0 Å². The number of hydrogen-bond acceptors (Lipinski definition) is 3. The van der Waals surface area contributed by atoms with Crippen LogP contribution in [0.5, 0.6) is 0 Å². The zero-order valence-electron chi connectivity index (χ0n) is 11.3. The van der Waals surface area contributed by atoms with E-state index in [2.05, 4.69) is 9.99 Å². The van der Waals surface area contributed by atoms with Crippen LogP contribution in [0.3, 0.4) is 0 Å². The number of halogens is 6. The SMILES string of the molecule is C/C(=N/OC(C)CF)C(=O)Nc1c(F)c(F)c(F)c(F)c1F. The van der Waals surface area contributed by atoms with Gasteiger partial charge < -0.3 is 10.2 Å². The molecule has 1 N–H and O–H groups in total. The van der Waals surface area contributed by atoms with E-state index in [0.717, 1.165) is 6.92 Å². The third-order valence-corrected chi connectivity index (χ3v) is 2.36. The summed E-state index contributed by atoms with van der Waals surface area (Å²) in [4.78, 5) is 16.0. The smallest absolute Gasteiger partial charge is 0.273 e. The Labute approximate surface area is 120 Å². The average molecular weight is 328 g/mol. The van der Waals surface area contributed by atoms with E-state index >= 15 is 0 Å². The zero-order valence-corrected chi connectivity index (χ0v) is 11.3. The molecule has 0 spiro atoms. The minimum Gasteiger partial charge on any atom is -0.390 e. The minimum atomic E-state index is -2.35. The Kier molecular flexibility index (Phi) is 5.77. The Morgan fingerprint density at radius 2 is 1.55 bits per heavy atom. The second kappa shape index (κ2) is 7.14. The molecular weight excluding hydrogens is 318 g/mol. The molecule has 0 fully saturated rings. The molecule has 0 saturated heterocycles. The van der Waals surface area contributed by atoms with E-state index < -0.39 is 59.2 Å².